The summed E-state index contributed by atoms with van der Waals surface area (Å²) in [5.41, 5.74) is 1.26. The van der Waals surface area contributed by atoms with Gasteiger partial charge in [-0.1, -0.05) is 27.7 Å². The Kier molecular flexibility index (Phi) is 2.79. The Morgan fingerprint density at radius 2 is 1.79 bits per heavy atom. The first kappa shape index (κ1) is 11.0. The van der Waals surface area contributed by atoms with Gasteiger partial charge in [0.1, 0.15) is 0 Å². The molecule has 0 aromatic rings. The molecule has 0 spiro atoms. The summed E-state index contributed by atoms with van der Waals surface area (Å²) in [6, 6.07) is 0. The lowest BCUT2D eigenvalue weighted by molar-refractivity contribution is -0.134. The third-order valence-electron chi connectivity index (χ3n) is 2.91. The quantitative estimate of drug-likeness (QED) is 0.698. The smallest absolute Gasteiger partial charge is 0.296 e. The minimum Gasteiger partial charge on any atom is -0.322 e. The maximum absolute atomic E-state index is 11.6. The minimum atomic E-state index is -0.474. The van der Waals surface area contributed by atoms with Gasteiger partial charge in [0.25, 0.3) is 5.91 Å². The molecule has 0 fully saturated rings. The molecule has 1 heterocycles. The van der Waals surface area contributed by atoms with Gasteiger partial charge >= 0.3 is 0 Å². The lowest BCUT2D eigenvalue weighted by atomic mass is 9.79. The number of hydrogen-bond acceptors (Lipinski definition) is 2. The molecule has 3 nitrogen and oxygen atoms in total. The van der Waals surface area contributed by atoms with E-state index < -0.39 is 5.91 Å². The van der Waals surface area contributed by atoms with E-state index in [9.17, 15) is 9.59 Å². The van der Waals surface area contributed by atoms with Crippen molar-refractivity contribution in [1.29, 1.82) is 0 Å². The van der Waals surface area contributed by atoms with Gasteiger partial charge < -0.3 is 5.32 Å². The van der Waals surface area contributed by atoms with Crippen LogP contribution in [-0.4, -0.2) is 11.7 Å². The maximum Gasteiger partial charge on any atom is 0.296 e. The second kappa shape index (κ2) is 3.56. The summed E-state index contributed by atoms with van der Waals surface area (Å²) in [7, 11) is 0. The number of carbonyl (C=O) groups excluding carboxylic acids is 2. The summed E-state index contributed by atoms with van der Waals surface area (Å²) < 4.78 is 0. The van der Waals surface area contributed by atoms with E-state index in [4.69, 9.17) is 0 Å². The first-order valence-corrected chi connectivity index (χ1v) is 5.03. The van der Waals surface area contributed by atoms with E-state index >= 15 is 0 Å². The van der Waals surface area contributed by atoms with Crippen LogP contribution in [0.2, 0.25) is 0 Å². The van der Waals surface area contributed by atoms with Crippen LogP contribution in [0.4, 0.5) is 0 Å². The molecule has 0 aromatic heterocycles. The first-order chi connectivity index (χ1) is 6.44. The van der Waals surface area contributed by atoms with E-state index in [2.05, 4.69) is 5.32 Å². The van der Waals surface area contributed by atoms with Crippen molar-refractivity contribution in [3.8, 4) is 0 Å². The second-order valence-corrected chi connectivity index (χ2v) is 4.23. The fourth-order valence-corrected chi connectivity index (χ4v) is 1.66. The lowest BCUT2D eigenvalue weighted by Gasteiger charge is -2.23. The van der Waals surface area contributed by atoms with Crippen LogP contribution in [0.25, 0.3) is 0 Å². The van der Waals surface area contributed by atoms with E-state index in [1.807, 2.05) is 27.7 Å². The van der Waals surface area contributed by atoms with Crippen LogP contribution in [0.5, 0.6) is 0 Å². The van der Waals surface area contributed by atoms with Gasteiger partial charge in [0.2, 0.25) is 5.78 Å². The van der Waals surface area contributed by atoms with Gasteiger partial charge in [-0.2, -0.15) is 0 Å². The minimum absolute atomic E-state index is 0.207. The van der Waals surface area contributed by atoms with E-state index in [0.29, 0.717) is 12.0 Å². The predicted molar refractivity (Wildman–Crippen MR) is 54.5 cm³/mol. The molecule has 0 bridgehead atoms. The molecule has 1 N–H and O–H groups in total. The van der Waals surface area contributed by atoms with Crippen molar-refractivity contribution in [2.24, 2.45) is 5.41 Å². The average Bonchev–Trinajstić information content (AvgIpc) is 2.43. The Morgan fingerprint density at radius 1 is 1.21 bits per heavy atom. The van der Waals surface area contributed by atoms with Crippen molar-refractivity contribution in [3.05, 3.63) is 11.3 Å². The number of amides is 1. The van der Waals surface area contributed by atoms with Crippen molar-refractivity contribution < 1.29 is 9.59 Å². The highest BCUT2D eigenvalue weighted by atomic mass is 16.2. The molecular weight excluding hydrogens is 178 g/mol. The number of rotatable bonds is 3. The van der Waals surface area contributed by atoms with Gasteiger partial charge in [0.05, 0.1) is 0 Å². The molecule has 0 aliphatic carbocycles. The Labute approximate surface area is 84.6 Å². The van der Waals surface area contributed by atoms with Gasteiger partial charge in [0.15, 0.2) is 0 Å². The molecule has 14 heavy (non-hydrogen) atoms. The number of Topliss-reactive ketones (excluding diaryl/α,β-unsaturated/α-hetero) is 1. The normalized spacial score (nSPS) is 17.7. The number of allylic oxidation sites excluding steroid dienone is 1. The largest absolute Gasteiger partial charge is 0.322 e. The summed E-state index contributed by atoms with van der Waals surface area (Å²) in [5, 5.41) is 2.63. The lowest BCUT2D eigenvalue weighted by Crippen LogP contribution is -2.24. The number of hydrogen-bond donors (Lipinski definition) is 1. The molecule has 1 amide bonds. The molecule has 0 atom stereocenters. The van der Waals surface area contributed by atoms with Crippen LogP contribution in [-0.2, 0) is 9.59 Å². The van der Waals surface area contributed by atoms with Crippen LogP contribution in [0, 0.1) is 5.41 Å². The fraction of sp³-hybridized carbons (Fsp3) is 0.636. The molecule has 0 unspecified atom stereocenters. The Hall–Kier alpha value is -1.12. The van der Waals surface area contributed by atoms with Crippen molar-refractivity contribution in [1.82, 2.24) is 5.32 Å². The molecule has 1 aliphatic rings. The van der Waals surface area contributed by atoms with Crippen molar-refractivity contribution in [3.63, 3.8) is 0 Å². The van der Waals surface area contributed by atoms with Crippen LogP contribution < -0.4 is 5.32 Å². The topological polar surface area (TPSA) is 46.2 Å². The van der Waals surface area contributed by atoms with E-state index in [0.717, 1.165) is 12.1 Å². The maximum atomic E-state index is 11.6. The highest BCUT2D eigenvalue weighted by Crippen LogP contribution is 2.35. The number of nitrogens with one attached hydrogen (secondary N) is 1. The zero-order chi connectivity index (χ0) is 10.9. The zero-order valence-electron chi connectivity index (χ0n) is 9.23. The Bertz CT molecular complexity index is 313. The average molecular weight is 195 g/mol. The van der Waals surface area contributed by atoms with Gasteiger partial charge in [-0.05, 0) is 18.3 Å². The van der Waals surface area contributed by atoms with E-state index in [-0.39, 0.29) is 11.2 Å². The molecule has 78 valence electrons. The van der Waals surface area contributed by atoms with Gasteiger partial charge in [0, 0.05) is 11.3 Å². The van der Waals surface area contributed by atoms with Gasteiger partial charge in [-0.25, -0.2) is 0 Å². The monoisotopic (exact) mass is 195 g/mol. The number of carbonyl (C=O) groups is 2. The third-order valence-corrected chi connectivity index (χ3v) is 2.91. The summed E-state index contributed by atoms with van der Waals surface area (Å²) in [5.74, 6) is -0.827. The summed E-state index contributed by atoms with van der Waals surface area (Å²) >= 11 is 0. The van der Waals surface area contributed by atoms with Crippen LogP contribution in [0.1, 0.15) is 40.5 Å². The molecule has 3 heteroatoms. The molecule has 1 aliphatic heterocycles. The van der Waals surface area contributed by atoms with E-state index in [1.165, 1.54) is 0 Å². The molecule has 0 saturated carbocycles. The second-order valence-electron chi connectivity index (χ2n) is 4.23. The third kappa shape index (κ3) is 1.59. The molecule has 0 saturated heterocycles. The summed E-state index contributed by atoms with van der Waals surface area (Å²) in [6.45, 7) is 7.96. The zero-order valence-corrected chi connectivity index (χ0v) is 9.23. The summed E-state index contributed by atoms with van der Waals surface area (Å²) in [6.07, 6.45) is 1.56. The molecular formula is C11H17NO2. The highest BCUT2D eigenvalue weighted by Gasteiger charge is 2.38. The van der Waals surface area contributed by atoms with Crippen LogP contribution in [0.3, 0.4) is 0 Å². The van der Waals surface area contributed by atoms with Gasteiger partial charge in [-0.15, -0.1) is 0 Å². The van der Waals surface area contributed by atoms with Gasteiger partial charge in [-0.3, -0.25) is 9.59 Å². The molecule has 0 radical (unpaired) electrons. The van der Waals surface area contributed by atoms with Crippen LogP contribution >= 0.6 is 0 Å². The summed E-state index contributed by atoms with van der Waals surface area (Å²) in [4.78, 5) is 22.8. The van der Waals surface area contributed by atoms with Crippen LogP contribution in [0.15, 0.2) is 11.3 Å². The van der Waals surface area contributed by atoms with E-state index in [1.54, 1.807) is 0 Å². The molecule has 0 aromatic carbocycles. The first-order valence-electron chi connectivity index (χ1n) is 5.03. The predicted octanol–water partition coefficient (Wildman–Crippen LogP) is 1.79. The SMILES string of the molecule is CCC1=C(C(C)(C)CC)C(=O)C(=O)N1. The highest BCUT2D eigenvalue weighted by molar-refractivity contribution is 6.45. The Balaban J connectivity index is 3.16. The van der Waals surface area contributed by atoms with Crippen molar-refractivity contribution >= 4 is 11.7 Å². The molecule has 1 rings (SSSR count). The fourth-order valence-electron chi connectivity index (χ4n) is 1.66. The standard InChI is InChI=1S/C11H17NO2/c1-5-7-8(11(3,4)6-2)9(13)10(14)12-7/h5-6H2,1-4H3,(H,12,13,14). The Morgan fingerprint density at radius 3 is 2.21 bits per heavy atom. The van der Waals surface area contributed by atoms with Crippen molar-refractivity contribution in [2.45, 2.75) is 40.5 Å². The number of ketones is 1. The van der Waals surface area contributed by atoms with Crippen molar-refractivity contribution in [2.75, 3.05) is 0 Å².